The van der Waals surface area contributed by atoms with E-state index in [1.165, 1.54) is 18.5 Å². The lowest BCUT2D eigenvalue weighted by molar-refractivity contribution is 0.102. The van der Waals surface area contributed by atoms with Gasteiger partial charge in [-0.2, -0.15) is 0 Å². The first-order valence-electron chi connectivity index (χ1n) is 6.38. The van der Waals surface area contributed by atoms with Crippen molar-refractivity contribution in [2.24, 2.45) is 0 Å². The highest BCUT2D eigenvalue weighted by molar-refractivity contribution is 6.05. The normalized spacial score (nSPS) is 10.1. The maximum absolute atomic E-state index is 12.0. The Bertz CT molecular complexity index is 582. The SMILES string of the molecule is CCCOc1ccc(NC(=O)c2ccncc2O)cc1. The van der Waals surface area contributed by atoms with Crippen LogP contribution in [-0.2, 0) is 0 Å². The average molecular weight is 272 g/mol. The number of pyridine rings is 1. The fraction of sp³-hybridized carbons (Fsp3) is 0.200. The minimum Gasteiger partial charge on any atom is -0.505 e. The third-order valence-corrected chi connectivity index (χ3v) is 2.63. The molecule has 5 nitrogen and oxygen atoms in total. The molecule has 1 aromatic heterocycles. The number of anilines is 1. The molecule has 0 radical (unpaired) electrons. The van der Waals surface area contributed by atoms with Crippen LogP contribution in [0, 0.1) is 0 Å². The average Bonchev–Trinajstić information content (AvgIpc) is 2.47. The molecule has 0 aliphatic carbocycles. The molecule has 104 valence electrons. The van der Waals surface area contributed by atoms with Gasteiger partial charge in [0.1, 0.15) is 11.5 Å². The van der Waals surface area contributed by atoms with Crippen molar-refractivity contribution < 1.29 is 14.6 Å². The summed E-state index contributed by atoms with van der Waals surface area (Å²) in [7, 11) is 0. The molecule has 0 aliphatic rings. The minimum absolute atomic E-state index is 0.145. The zero-order valence-corrected chi connectivity index (χ0v) is 11.2. The lowest BCUT2D eigenvalue weighted by atomic mass is 10.2. The predicted molar refractivity (Wildman–Crippen MR) is 76.1 cm³/mol. The van der Waals surface area contributed by atoms with Crippen molar-refractivity contribution >= 4 is 11.6 Å². The zero-order valence-electron chi connectivity index (χ0n) is 11.2. The standard InChI is InChI=1S/C15H16N2O3/c1-2-9-20-12-5-3-11(4-6-12)17-15(19)13-7-8-16-10-14(13)18/h3-8,10,18H,2,9H2,1H3,(H,17,19). The molecule has 0 saturated carbocycles. The number of rotatable bonds is 5. The van der Waals surface area contributed by atoms with E-state index in [2.05, 4.69) is 10.3 Å². The molecule has 2 aromatic rings. The topological polar surface area (TPSA) is 71.5 Å². The number of nitrogens with zero attached hydrogens (tertiary/aromatic N) is 1. The Morgan fingerprint density at radius 3 is 2.70 bits per heavy atom. The molecule has 1 heterocycles. The van der Waals surface area contributed by atoms with Crippen LogP contribution >= 0.6 is 0 Å². The maximum Gasteiger partial charge on any atom is 0.259 e. The van der Waals surface area contributed by atoms with Crippen molar-refractivity contribution in [3.05, 3.63) is 48.3 Å². The van der Waals surface area contributed by atoms with E-state index in [9.17, 15) is 9.90 Å². The molecule has 0 fully saturated rings. The number of carbonyl (C=O) groups is 1. The summed E-state index contributed by atoms with van der Waals surface area (Å²) < 4.78 is 5.46. The number of hydrogen-bond donors (Lipinski definition) is 2. The quantitative estimate of drug-likeness (QED) is 0.878. The van der Waals surface area contributed by atoms with E-state index in [0.29, 0.717) is 12.3 Å². The van der Waals surface area contributed by atoms with Gasteiger partial charge in [0.2, 0.25) is 0 Å². The summed E-state index contributed by atoms with van der Waals surface area (Å²) in [6, 6.07) is 8.54. The molecule has 0 atom stereocenters. The fourth-order valence-corrected chi connectivity index (χ4v) is 1.63. The van der Waals surface area contributed by atoms with Crippen LogP contribution < -0.4 is 10.1 Å². The molecular weight excluding hydrogens is 256 g/mol. The molecule has 0 aliphatic heterocycles. The number of aromatic hydroxyl groups is 1. The zero-order chi connectivity index (χ0) is 14.4. The summed E-state index contributed by atoms with van der Waals surface area (Å²) in [4.78, 5) is 15.7. The second-order valence-electron chi connectivity index (χ2n) is 4.22. The van der Waals surface area contributed by atoms with Gasteiger partial charge < -0.3 is 15.2 Å². The van der Waals surface area contributed by atoms with E-state index in [1.807, 2.05) is 6.92 Å². The Balaban J connectivity index is 2.03. The van der Waals surface area contributed by atoms with Gasteiger partial charge in [-0.3, -0.25) is 9.78 Å². The van der Waals surface area contributed by atoms with Gasteiger partial charge in [0.15, 0.2) is 0 Å². The summed E-state index contributed by atoms with van der Waals surface area (Å²) in [6.07, 6.45) is 3.63. The molecule has 1 amide bonds. The summed E-state index contributed by atoms with van der Waals surface area (Å²) in [5.74, 6) is 0.233. The van der Waals surface area contributed by atoms with Crippen molar-refractivity contribution in [2.45, 2.75) is 13.3 Å². The van der Waals surface area contributed by atoms with Gasteiger partial charge in [-0.15, -0.1) is 0 Å². The van der Waals surface area contributed by atoms with Crippen molar-refractivity contribution in [2.75, 3.05) is 11.9 Å². The number of hydrogen-bond acceptors (Lipinski definition) is 4. The molecule has 0 bridgehead atoms. The molecular formula is C15H16N2O3. The van der Waals surface area contributed by atoms with Gasteiger partial charge in [0.05, 0.1) is 18.4 Å². The maximum atomic E-state index is 12.0. The lowest BCUT2D eigenvalue weighted by Gasteiger charge is -2.08. The number of benzene rings is 1. The van der Waals surface area contributed by atoms with Crippen LogP contribution in [0.2, 0.25) is 0 Å². The number of ether oxygens (including phenoxy) is 1. The number of nitrogens with one attached hydrogen (secondary N) is 1. The van der Waals surface area contributed by atoms with E-state index >= 15 is 0 Å². The Hall–Kier alpha value is -2.56. The fourth-order valence-electron chi connectivity index (χ4n) is 1.63. The molecule has 0 unspecified atom stereocenters. The summed E-state index contributed by atoms with van der Waals surface area (Å²) in [6.45, 7) is 2.70. The van der Waals surface area contributed by atoms with Crippen LogP contribution in [0.4, 0.5) is 5.69 Å². The molecule has 0 spiro atoms. The van der Waals surface area contributed by atoms with Gasteiger partial charge >= 0.3 is 0 Å². The third kappa shape index (κ3) is 3.47. The predicted octanol–water partition coefficient (Wildman–Crippen LogP) is 2.83. The van der Waals surface area contributed by atoms with E-state index in [1.54, 1.807) is 24.3 Å². The molecule has 20 heavy (non-hydrogen) atoms. The van der Waals surface area contributed by atoms with Crippen LogP contribution in [-0.4, -0.2) is 22.6 Å². The highest BCUT2D eigenvalue weighted by Gasteiger charge is 2.10. The van der Waals surface area contributed by atoms with E-state index < -0.39 is 0 Å². The van der Waals surface area contributed by atoms with Crippen molar-refractivity contribution in [3.8, 4) is 11.5 Å². The largest absolute Gasteiger partial charge is 0.505 e. The highest BCUT2D eigenvalue weighted by Crippen LogP contribution is 2.19. The van der Waals surface area contributed by atoms with Crippen molar-refractivity contribution in [1.29, 1.82) is 0 Å². The summed E-state index contributed by atoms with van der Waals surface area (Å²) >= 11 is 0. The molecule has 2 N–H and O–H groups in total. The van der Waals surface area contributed by atoms with Crippen molar-refractivity contribution in [3.63, 3.8) is 0 Å². The second-order valence-corrected chi connectivity index (χ2v) is 4.22. The van der Waals surface area contributed by atoms with Crippen LogP contribution in [0.5, 0.6) is 11.5 Å². The first-order valence-corrected chi connectivity index (χ1v) is 6.38. The van der Waals surface area contributed by atoms with Crippen molar-refractivity contribution in [1.82, 2.24) is 4.98 Å². The van der Waals surface area contributed by atoms with Crippen LogP contribution in [0.25, 0.3) is 0 Å². The first-order chi connectivity index (χ1) is 9.70. The van der Waals surface area contributed by atoms with Gasteiger partial charge in [-0.25, -0.2) is 0 Å². The monoisotopic (exact) mass is 272 g/mol. The Morgan fingerprint density at radius 1 is 1.30 bits per heavy atom. The number of amides is 1. The molecule has 0 saturated heterocycles. The van der Waals surface area contributed by atoms with E-state index in [4.69, 9.17) is 4.74 Å². The van der Waals surface area contributed by atoms with Gasteiger partial charge in [-0.1, -0.05) is 6.92 Å². The van der Waals surface area contributed by atoms with E-state index in [-0.39, 0.29) is 17.2 Å². The third-order valence-electron chi connectivity index (χ3n) is 2.63. The summed E-state index contributed by atoms with van der Waals surface area (Å²) in [5, 5.41) is 12.3. The van der Waals surface area contributed by atoms with Crippen LogP contribution in [0.15, 0.2) is 42.7 Å². The Kier molecular flexibility index (Phi) is 4.55. The Labute approximate surface area is 117 Å². The Morgan fingerprint density at radius 2 is 2.05 bits per heavy atom. The van der Waals surface area contributed by atoms with Gasteiger partial charge in [-0.05, 0) is 36.8 Å². The van der Waals surface area contributed by atoms with E-state index in [0.717, 1.165) is 12.2 Å². The number of aromatic nitrogens is 1. The second kappa shape index (κ2) is 6.56. The summed E-state index contributed by atoms with van der Waals surface area (Å²) in [5.41, 5.74) is 0.821. The van der Waals surface area contributed by atoms with Gasteiger partial charge in [0.25, 0.3) is 5.91 Å². The first kappa shape index (κ1) is 13.9. The van der Waals surface area contributed by atoms with Gasteiger partial charge in [0, 0.05) is 11.9 Å². The molecule has 1 aromatic carbocycles. The molecule has 5 heteroatoms. The van der Waals surface area contributed by atoms with Crippen LogP contribution in [0.1, 0.15) is 23.7 Å². The lowest BCUT2D eigenvalue weighted by Crippen LogP contribution is -2.12. The highest BCUT2D eigenvalue weighted by atomic mass is 16.5. The molecule has 2 rings (SSSR count). The minimum atomic E-state index is -0.382. The number of carbonyl (C=O) groups excluding carboxylic acids is 1. The smallest absolute Gasteiger partial charge is 0.259 e. The van der Waals surface area contributed by atoms with Crippen LogP contribution in [0.3, 0.4) is 0 Å².